The van der Waals surface area contributed by atoms with Crippen molar-refractivity contribution in [2.75, 3.05) is 0 Å². The van der Waals surface area contributed by atoms with E-state index in [2.05, 4.69) is 89.1 Å². The Balaban J connectivity index is 2.35. The second kappa shape index (κ2) is 7.19. The number of nitrogens with zero attached hydrogens (tertiary/aromatic N) is 1. The summed E-state index contributed by atoms with van der Waals surface area (Å²) in [6.45, 7) is 13.6. The second-order valence-electron chi connectivity index (χ2n) is 8.69. The third-order valence-corrected chi connectivity index (χ3v) is 4.31. The summed E-state index contributed by atoms with van der Waals surface area (Å²) in [4.78, 5) is 6.58. The van der Waals surface area contributed by atoms with Crippen molar-refractivity contribution in [1.29, 1.82) is 0 Å². The van der Waals surface area contributed by atoms with Gasteiger partial charge in [0, 0.05) is 5.54 Å². The van der Waals surface area contributed by atoms with Gasteiger partial charge in [0.2, 0.25) is 0 Å². The Morgan fingerprint density at radius 2 is 1.65 bits per heavy atom. The Hall–Kier alpha value is -1.12. The zero-order valence-corrected chi connectivity index (χ0v) is 15.7. The van der Waals surface area contributed by atoms with E-state index in [0.29, 0.717) is 0 Å². The normalized spacial score (nSPS) is 20.7. The summed E-state index contributed by atoms with van der Waals surface area (Å²) in [5, 5.41) is 2.26. The number of rotatable bonds is 4. The van der Waals surface area contributed by atoms with E-state index >= 15 is 0 Å². The van der Waals surface area contributed by atoms with Crippen LogP contribution in [0.5, 0.6) is 0 Å². The van der Waals surface area contributed by atoms with Crippen LogP contribution < -0.4 is 0 Å². The van der Waals surface area contributed by atoms with Crippen LogP contribution in [0.2, 0.25) is 0 Å². The maximum Gasteiger partial charge on any atom is 0.0831 e. The number of hydroxylamine groups is 2. The highest BCUT2D eigenvalue weighted by atomic mass is 16.7. The first-order chi connectivity index (χ1) is 10.7. The molecule has 0 spiro atoms. The fraction of sp³-hybridized carbons (Fsp3) is 0.619. The molecule has 0 fully saturated rings. The van der Waals surface area contributed by atoms with Gasteiger partial charge < -0.3 is 0 Å². The molecule has 0 radical (unpaired) electrons. The predicted octanol–water partition coefficient (Wildman–Crippen LogP) is 5.91. The summed E-state index contributed by atoms with van der Waals surface area (Å²) < 4.78 is 0. The lowest BCUT2D eigenvalue weighted by Crippen LogP contribution is -2.49. The van der Waals surface area contributed by atoms with Crippen LogP contribution in [-0.2, 0) is 4.84 Å². The molecule has 2 heteroatoms. The van der Waals surface area contributed by atoms with E-state index in [1.165, 1.54) is 5.56 Å². The SMILES string of the molecule is CC(C)(C)C(c1ccccc1)N(OC1CC=CCC1)C(C)(C)C. The molecule has 2 atom stereocenters. The van der Waals surface area contributed by atoms with Crippen LogP contribution in [0.25, 0.3) is 0 Å². The number of hydrogen-bond acceptors (Lipinski definition) is 2. The van der Waals surface area contributed by atoms with Crippen LogP contribution in [0.4, 0.5) is 0 Å². The van der Waals surface area contributed by atoms with Gasteiger partial charge >= 0.3 is 0 Å². The molecular weight excluding hydrogens is 282 g/mol. The maximum atomic E-state index is 6.58. The molecule has 2 nitrogen and oxygen atoms in total. The minimum Gasteiger partial charge on any atom is -0.294 e. The predicted molar refractivity (Wildman–Crippen MR) is 98.1 cm³/mol. The second-order valence-corrected chi connectivity index (χ2v) is 8.69. The third-order valence-electron chi connectivity index (χ3n) is 4.31. The molecule has 23 heavy (non-hydrogen) atoms. The first kappa shape index (κ1) is 18.2. The smallest absolute Gasteiger partial charge is 0.0831 e. The Kier molecular flexibility index (Phi) is 5.70. The van der Waals surface area contributed by atoms with Gasteiger partial charge in [0.25, 0.3) is 0 Å². The van der Waals surface area contributed by atoms with Crippen LogP contribution in [0.3, 0.4) is 0 Å². The molecule has 0 bridgehead atoms. The third kappa shape index (κ3) is 4.92. The van der Waals surface area contributed by atoms with Crippen molar-refractivity contribution in [2.24, 2.45) is 5.41 Å². The summed E-state index contributed by atoms with van der Waals surface area (Å²) in [5.41, 5.74) is 1.34. The first-order valence-corrected chi connectivity index (χ1v) is 8.85. The lowest BCUT2D eigenvalue weighted by atomic mass is 9.80. The molecular formula is C21H33NO. The number of hydrogen-bond donors (Lipinski definition) is 0. The molecule has 0 heterocycles. The molecule has 0 N–H and O–H groups in total. The zero-order chi connectivity index (χ0) is 17.1. The Bertz CT molecular complexity index is 507. The molecule has 0 saturated heterocycles. The van der Waals surface area contributed by atoms with Gasteiger partial charge in [-0.3, -0.25) is 4.84 Å². The van der Waals surface area contributed by atoms with Crippen LogP contribution in [0.15, 0.2) is 42.5 Å². The molecule has 1 aromatic carbocycles. The minimum absolute atomic E-state index is 0.0606. The van der Waals surface area contributed by atoms with E-state index in [0.717, 1.165) is 19.3 Å². The van der Waals surface area contributed by atoms with E-state index in [1.54, 1.807) is 0 Å². The fourth-order valence-corrected chi connectivity index (χ4v) is 3.25. The van der Waals surface area contributed by atoms with Crippen LogP contribution in [0, 0.1) is 5.41 Å². The largest absolute Gasteiger partial charge is 0.294 e. The van der Waals surface area contributed by atoms with Gasteiger partial charge in [0.05, 0.1) is 12.1 Å². The highest BCUT2D eigenvalue weighted by molar-refractivity contribution is 5.21. The summed E-state index contributed by atoms with van der Waals surface area (Å²) in [7, 11) is 0. The molecule has 1 aromatic rings. The molecule has 2 unspecified atom stereocenters. The van der Waals surface area contributed by atoms with Crippen molar-refractivity contribution in [2.45, 2.75) is 78.5 Å². The van der Waals surface area contributed by atoms with Crippen molar-refractivity contribution >= 4 is 0 Å². The van der Waals surface area contributed by atoms with E-state index in [1.807, 2.05) is 0 Å². The standard InChI is InChI=1S/C21H33NO/c1-20(2,3)19(17-13-9-7-10-14-17)22(21(4,5)6)23-18-15-11-8-12-16-18/h7-11,13-14,18-19H,12,15-16H2,1-6H3. The van der Waals surface area contributed by atoms with Crippen molar-refractivity contribution in [3.8, 4) is 0 Å². The summed E-state index contributed by atoms with van der Waals surface area (Å²) in [5.74, 6) is 0. The van der Waals surface area contributed by atoms with Crippen molar-refractivity contribution in [3.05, 3.63) is 48.0 Å². The summed E-state index contributed by atoms with van der Waals surface area (Å²) >= 11 is 0. The molecule has 0 amide bonds. The Labute approximate surface area is 142 Å². The Morgan fingerprint density at radius 3 is 2.13 bits per heavy atom. The van der Waals surface area contributed by atoms with Crippen molar-refractivity contribution < 1.29 is 4.84 Å². The zero-order valence-electron chi connectivity index (χ0n) is 15.7. The van der Waals surface area contributed by atoms with Gasteiger partial charge in [-0.1, -0.05) is 63.3 Å². The molecule has 0 aromatic heterocycles. The van der Waals surface area contributed by atoms with Gasteiger partial charge in [-0.05, 0) is 51.0 Å². The fourth-order valence-electron chi connectivity index (χ4n) is 3.25. The quantitative estimate of drug-likeness (QED) is 0.505. The van der Waals surface area contributed by atoms with E-state index in [4.69, 9.17) is 4.84 Å². The van der Waals surface area contributed by atoms with E-state index in [9.17, 15) is 0 Å². The van der Waals surface area contributed by atoms with E-state index in [-0.39, 0.29) is 23.1 Å². The van der Waals surface area contributed by atoms with Crippen LogP contribution in [-0.4, -0.2) is 16.7 Å². The molecule has 0 aliphatic heterocycles. The summed E-state index contributed by atoms with van der Waals surface area (Å²) in [6, 6.07) is 11.0. The first-order valence-electron chi connectivity index (χ1n) is 8.85. The Morgan fingerprint density at radius 1 is 1.00 bits per heavy atom. The van der Waals surface area contributed by atoms with Gasteiger partial charge in [0.15, 0.2) is 0 Å². The van der Waals surface area contributed by atoms with Crippen LogP contribution in [0.1, 0.15) is 72.4 Å². The average molecular weight is 316 g/mol. The van der Waals surface area contributed by atoms with Crippen molar-refractivity contribution in [3.63, 3.8) is 0 Å². The highest BCUT2D eigenvalue weighted by Crippen LogP contribution is 2.42. The minimum atomic E-state index is -0.0606. The lowest BCUT2D eigenvalue weighted by molar-refractivity contribution is -0.282. The van der Waals surface area contributed by atoms with Crippen molar-refractivity contribution in [1.82, 2.24) is 5.06 Å². The van der Waals surface area contributed by atoms with Gasteiger partial charge in [-0.15, -0.1) is 0 Å². The van der Waals surface area contributed by atoms with Gasteiger partial charge in [-0.2, -0.15) is 5.06 Å². The maximum absolute atomic E-state index is 6.58. The molecule has 2 rings (SSSR count). The number of allylic oxidation sites excluding steroid dienone is 1. The topological polar surface area (TPSA) is 12.5 Å². The summed E-state index contributed by atoms with van der Waals surface area (Å²) in [6.07, 6.45) is 8.04. The molecule has 1 aliphatic rings. The molecule has 1 aliphatic carbocycles. The average Bonchev–Trinajstić information content (AvgIpc) is 2.46. The highest BCUT2D eigenvalue weighted by Gasteiger charge is 2.39. The van der Waals surface area contributed by atoms with E-state index < -0.39 is 0 Å². The molecule has 0 saturated carbocycles. The number of benzene rings is 1. The lowest BCUT2D eigenvalue weighted by Gasteiger charge is -2.47. The molecule has 128 valence electrons. The monoisotopic (exact) mass is 315 g/mol. The van der Waals surface area contributed by atoms with Gasteiger partial charge in [-0.25, -0.2) is 0 Å². The van der Waals surface area contributed by atoms with Crippen LogP contribution >= 0.6 is 0 Å². The van der Waals surface area contributed by atoms with Gasteiger partial charge in [0.1, 0.15) is 0 Å².